The fraction of sp³-hybridized carbons (Fsp3) is 0.444. The third kappa shape index (κ3) is 5.11. The largest absolute Gasteiger partial charge is 0.368 e. The highest BCUT2D eigenvalue weighted by molar-refractivity contribution is 5.97. The van der Waals surface area contributed by atoms with Crippen molar-refractivity contribution in [3.8, 4) is 0 Å². The molecule has 0 aromatic heterocycles. The Labute approximate surface area is 206 Å². The molecule has 3 atom stereocenters. The Balaban J connectivity index is 1.28. The summed E-state index contributed by atoms with van der Waals surface area (Å²) < 4.78 is 0. The predicted octanol–water partition coefficient (Wildman–Crippen LogP) is 3.07. The number of hydrogen-bond donors (Lipinski definition) is 2. The van der Waals surface area contributed by atoms with Gasteiger partial charge in [0.05, 0.1) is 12.5 Å². The first-order valence-electron chi connectivity index (χ1n) is 12.6. The van der Waals surface area contributed by atoms with Gasteiger partial charge in [-0.1, -0.05) is 49.2 Å². The summed E-state index contributed by atoms with van der Waals surface area (Å²) in [5.41, 5.74) is 1.83. The van der Waals surface area contributed by atoms with Crippen LogP contribution < -0.4 is 15.5 Å². The molecule has 0 radical (unpaired) electrons. The van der Waals surface area contributed by atoms with Gasteiger partial charge in [-0.2, -0.15) is 0 Å². The highest BCUT2D eigenvalue weighted by Crippen LogP contribution is 2.30. The van der Waals surface area contributed by atoms with E-state index in [1.54, 1.807) is 4.90 Å². The van der Waals surface area contributed by atoms with Crippen molar-refractivity contribution < 1.29 is 14.4 Å². The molecular formula is C27H33N5O3. The Morgan fingerprint density at radius 3 is 2.26 bits per heavy atom. The van der Waals surface area contributed by atoms with Gasteiger partial charge in [0, 0.05) is 43.6 Å². The fourth-order valence-corrected chi connectivity index (χ4v) is 5.59. The molecule has 3 fully saturated rings. The fourth-order valence-electron chi connectivity index (χ4n) is 5.59. The summed E-state index contributed by atoms with van der Waals surface area (Å²) >= 11 is 0. The molecule has 2 N–H and O–H groups in total. The summed E-state index contributed by atoms with van der Waals surface area (Å²) in [4.78, 5) is 45.7. The minimum Gasteiger partial charge on any atom is -0.368 e. The van der Waals surface area contributed by atoms with Gasteiger partial charge >= 0.3 is 6.03 Å². The van der Waals surface area contributed by atoms with Gasteiger partial charge < -0.3 is 25.3 Å². The van der Waals surface area contributed by atoms with Crippen LogP contribution in [0.1, 0.15) is 32.1 Å². The summed E-state index contributed by atoms with van der Waals surface area (Å²) in [7, 11) is 0. The zero-order valence-corrected chi connectivity index (χ0v) is 19.9. The number of fused-ring (bicyclic) bond motifs is 1. The number of hydrogen-bond acceptors (Lipinski definition) is 4. The number of urea groups is 1. The molecule has 3 aliphatic rings. The summed E-state index contributed by atoms with van der Waals surface area (Å²) in [6.07, 6.45) is 3.73. The summed E-state index contributed by atoms with van der Waals surface area (Å²) in [5, 5.41) is 6.06. The van der Waals surface area contributed by atoms with E-state index in [1.165, 1.54) is 0 Å². The van der Waals surface area contributed by atoms with Gasteiger partial charge in [0.25, 0.3) is 0 Å². The van der Waals surface area contributed by atoms with E-state index in [9.17, 15) is 14.4 Å². The number of nitrogens with zero attached hydrogens (tertiary/aromatic N) is 3. The lowest BCUT2D eigenvalue weighted by molar-refractivity contribution is -0.140. The standard InChI is InChI=1S/C27H33N5O3/c33-25(31-17-15-30(16-18-31)21-11-5-2-6-12-21)19-24-26(34)29-22-13-7-8-14-23(22)32(24)27(35)28-20-9-3-1-4-10-20/h1-6,9-12,22-24H,7-8,13-19H2,(H,28,35)(H,29,34). The molecule has 184 valence electrons. The lowest BCUT2D eigenvalue weighted by Crippen LogP contribution is -2.68. The van der Waals surface area contributed by atoms with Crippen LogP contribution >= 0.6 is 0 Å². The maximum Gasteiger partial charge on any atom is 0.322 e. The Kier molecular flexibility index (Phi) is 6.88. The average Bonchev–Trinajstić information content (AvgIpc) is 2.90. The van der Waals surface area contributed by atoms with Gasteiger partial charge in [-0.15, -0.1) is 0 Å². The summed E-state index contributed by atoms with van der Waals surface area (Å²) in [5.74, 6) is -0.308. The molecule has 1 saturated carbocycles. The normalized spacial score (nSPS) is 24.4. The second kappa shape index (κ2) is 10.4. The first-order chi connectivity index (χ1) is 17.1. The van der Waals surface area contributed by atoms with Crippen LogP contribution in [-0.4, -0.2) is 71.9 Å². The topological polar surface area (TPSA) is 85.0 Å². The van der Waals surface area contributed by atoms with Crippen LogP contribution in [0.15, 0.2) is 60.7 Å². The van der Waals surface area contributed by atoms with Crippen molar-refractivity contribution in [3.05, 3.63) is 60.7 Å². The lowest BCUT2D eigenvalue weighted by atomic mass is 9.85. The molecular weight excluding hydrogens is 442 g/mol. The molecule has 2 aromatic rings. The molecule has 3 unspecified atom stereocenters. The summed E-state index contributed by atoms with van der Waals surface area (Å²) in [6.45, 7) is 2.69. The van der Waals surface area contributed by atoms with E-state index in [1.807, 2.05) is 53.4 Å². The minimum absolute atomic E-state index is 0.00258. The second-order valence-corrected chi connectivity index (χ2v) is 9.59. The number of benzene rings is 2. The zero-order chi connectivity index (χ0) is 24.2. The van der Waals surface area contributed by atoms with Crippen LogP contribution in [0, 0.1) is 0 Å². The first kappa shape index (κ1) is 23.2. The van der Waals surface area contributed by atoms with E-state index in [0.29, 0.717) is 18.8 Å². The molecule has 0 bridgehead atoms. The van der Waals surface area contributed by atoms with E-state index in [4.69, 9.17) is 0 Å². The highest BCUT2D eigenvalue weighted by atomic mass is 16.2. The monoisotopic (exact) mass is 475 g/mol. The smallest absolute Gasteiger partial charge is 0.322 e. The van der Waals surface area contributed by atoms with Crippen molar-refractivity contribution >= 4 is 29.2 Å². The van der Waals surface area contributed by atoms with Crippen molar-refractivity contribution in [2.24, 2.45) is 0 Å². The van der Waals surface area contributed by atoms with Crippen molar-refractivity contribution in [3.63, 3.8) is 0 Å². The van der Waals surface area contributed by atoms with Crippen LogP contribution in [0.4, 0.5) is 16.2 Å². The number of carbonyl (C=O) groups is 3. The third-order valence-electron chi connectivity index (χ3n) is 7.43. The molecule has 8 heteroatoms. The molecule has 0 spiro atoms. The Bertz CT molecular complexity index is 1040. The molecule has 8 nitrogen and oxygen atoms in total. The number of amides is 4. The van der Waals surface area contributed by atoms with Crippen molar-refractivity contribution in [1.29, 1.82) is 0 Å². The minimum atomic E-state index is -0.808. The van der Waals surface area contributed by atoms with Crippen LogP contribution in [-0.2, 0) is 9.59 Å². The number of para-hydroxylation sites is 2. The number of rotatable bonds is 4. The molecule has 1 aliphatic carbocycles. The van der Waals surface area contributed by atoms with E-state index >= 15 is 0 Å². The molecule has 35 heavy (non-hydrogen) atoms. The number of piperazine rings is 2. The van der Waals surface area contributed by atoms with Crippen molar-refractivity contribution in [1.82, 2.24) is 15.1 Å². The van der Waals surface area contributed by atoms with Crippen molar-refractivity contribution in [2.75, 3.05) is 36.4 Å². The molecule has 2 aliphatic heterocycles. The lowest BCUT2D eigenvalue weighted by Gasteiger charge is -2.48. The van der Waals surface area contributed by atoms with Gasteiger partial charge in [-0.3, -0.25) is 9.59 Å². The van der Waals surface area contributed by atoms with Crippen LogP contribution in [0.25, 0.3) is 0 Å². The predicted molar refractivity (Wildman–Crippen MR) is 135 cm³/mol. The van der Waals surface area contributed by atoms with Gasteiger partial charge in [0.15, 0.2) is 0 Å². The highest BCUT2D eigenvalue weighted by Gasteiger charge is 2.46. The van der Waals surface area contributed by atoms with Crippen LogP contribution in [0.2, 0.25) is 0 Å². The molecule has 5 rings (SSSR count). The van der Waals surface area contributed by atoms with Crippen LogP contribution in [0.5, 0.6) is 0 Å². The molecule has 2 aromatic carbocycles. The van der Waals surface area contributed by atoms with E-state index in [2.05, 4.69) is 27.7 Å². The summed E-state index contributed by atoms with van der Waals surface area (Å²) in [6, 6.07) is 18.2. The number of anilines is 2. The maximum absolute atomic E-state index is 13.4. The second-order valence-electron chi connectivity index (χ2n) is 9.59. The Morgan fingerprint density at radius 2 is 1.54 bits per heavy atom. The SMILES string of the molecule is O=C1NC2CCCCC2N(C(=O)Nc2ccccc2)C1CC(=O)N1CCN(c2ccccc2)CC1. The van der Waals surface area contributed by atoms with Gasteiger partial charge in [-0.25, -0.2) is 4.79 Å². The maximum atomic E-state index is 13.4. The number of carbonyl (C=O) groups excluding carboxylic acids is 3. The van der Waals surface area contributed by atoms with Gasteiger partial charge in [0.1, 0.15) is 6.04 Å². The Hall–Kier alpha value is -3.55. The quantitative estimate of drug-likeness (QED) is 0.712. The van der Waals surface area contributed by atoms with E-state index < -0.39 is 6.04 Å². The van der Waals surface area contributed by atoms with Gasteiger partial charge in [0.2, 0.25) is 11.8 Å². The van der Waals surface area contributed by atoms with E-state index in [-0.39, 0.29) is 36.3 Å². The van der Waals surface area contributed by atoms with Crippen LogP contribution in [0.3, 0.4) is 0 Å². The average molecular weight is 476 g/mol. The molecule has 4 amide bonds. The molecule has 2 saturated heterocycles. The third-order valence-corrected chi connectivity index (χ3v) is 7.43. The first-order valence-corrected chi connectivity index (χ1v) is 12.6. The Morgan fingerprint density at radius 1 is 0.886 bits per heavy atom. The van der Waals surface area contributed by atoms with Crippen molar-refractivity contribution in [2.45, 2.75) is 50.2 Å². The zero-order valence-electron chi connectivity index (χ0n) is 19.9. The van der Waals surface area contributed by atoms with E-state index in [0.717, 1.165) is 44.5 Å². The molecule has 2 heterocycles. The number of nitrogens with one attached hydrogen (secondary N) is 2. The van der Waals surface area contributed by atoms with Gasteiger partial charge in [-0.05, 0) is 37.1 Å².